The fourth-order valence-corrected chi connectivity index (χ4v) is 4.62. The molecule has 3 saturated heterocycles. The molecule has 138 valence electrons. The molecule has 2 aromatic rings. The fourth-order valence-electron chi connectivity index (χ4n) is 3.93. The number of carbonyl (C=O) groups excluding carboxylic acids is 1. The molecule has 1 aromatic heterocycles. The maximum absolute atomic E-state index is 12.6. The largest absolute Gasteiger partial charge is 0.497 e. The molecular formula is C19H23N3O3S. The van der Waals surface area contributed by atoms with Crippen LogP contribution in [-0.2, 0) is 0 Å². The van der Waals surface area contributed by atoms with Crippen molar-refractivity contribution in [1.82, 2.24) is 15.2 Å². The molecular weight excluding hydrogens is 350 g/mol. The molecule has 3 fully saturated rings. The summed E-state index contributed by atoms with van der Waals surface area (Å²) < 4.78 is 10.9. The van der Waals surface area contributed by atoms with Gasteiger partial charge in [0.05, 0.1) is 13.3 Å². The first-order valence-corrected chi connectivity index (χ1v) is 9.78. The van der Waals surface area contributed by atoms with E-state index in [-0.39, 0.29) is 11.9 Å². The molecule has 0 radical (unpaired) electrons. The van der Waals surface area contributed by atoms with Crippen molar-refractivity contribution in [2.75, 3.05) is 20.2 Å². The first kappa shape index (κ1) is 17.3. The Balaban J connectivity index is 1.40. The molecule has 5 rings (SSSR count). The van der Waals surface area contributed by atoms with E-state index < -0.39 is 0 Å². The van der Waals surface area contributed by atoms with Crippen molar-refractivity contribution >= 4 is 17.2 Å². The first-order chi connectivity index (χ1) is 12.6. The van der Waals surface area contributed by atoms with E-state index in [1.165, 1.54) is 24.2 Å². The second-order valence-electron chi connectivity index (χ2n) is 6.88. The van der Waals surface area contributed by atoms with E-state index in [1.54, 1.807) is 13.3 Å². The van der Waals surface area contributed by atoms with E-state index in [2.05, 4.69) is 22.1 Å². The molecule has 2 atom stereocenters. The first-order valence-electron chi connectivity index (χ1n) is 8.96. The number of thiazole rings is 1. The van der Waals surface area contributed by atoms with Gasteiger partial charge in [-0.1, -0.05) is 11.3 Å². The Morgan fingerprint density at radius 1 is 1.23 bits per heavy atom. The van der Waals surface area contributed by atoms with Crippen LogP contribution in [0.25, 0.3) is 0 Å². The highest BCUT2D eigenvalue weighted by Gasteiger charge is 2.40. The quantitative estimate of drug-likeness (QED) is 0.872. The van der Waals surface area contributed by atoms with E-state index >= 15 is 0 Å². The summed E-state index contributed by atoms with van der Waals surface area (Å²) in [6.45, 7) is 4.50. The zero-order valence-corrected chi connectivity index (χ0v) is 15.8. The predicted octanol–water partition coefficient (Wildman–Crippen LogP) is 3.16. The van der Waals surface area contributed by atoms with Crippen molar-refractivity contribution in [2.45, 2.75) is 31.8 Å². The van der Waals surface area contributed by atoms with E-state index in [1.807, 2.05) is 24.3 Å². The summed E-state index contributed by atoms with van der Waals surface area (Å²) in [6.07, 6.45) is 3.93. The Bertz CT molecular complexity index is 767. The summed E-state index contributed by atoms with van der Waals surface area (Å²) in [5.41, 5.74) is 0. The van der Waals surface area contributed by atoms with Gasteiger partial charge in [-0.3, -0.25) is 9.69 Å². The van der Waals surface area contributed by atoms with Crippen molar-refractivity contribution < 1.29 is 14.3 Å². The number of benzene rings is 1. The Labute approximate surface area is 157 Å². The van der Waals surface area contributed by atoms with Gasteiger partial charge in [0.1, 0.15) is 11.5 Å². The van der Waals surface area contributed by atoms with Crippen LogP contribution in [-0.4, -0.2) is 48.1 Å². The van der Waals surface area contributed by atoms with Crippen molar-refractivity contribution in [3.8, 4) is 16.6 Å². The fraction of sp³-hybridized carbons (Fsp3) is 0.474. The number of nitrogens with one attached hydrogen (secondary N) is 1. The highest BCUT2D eigenvalue weighted by molar-refractivity contribution is 7.15. The minimum Gasteiger partial charge on any atom is -0.497 e. The van der Waals surface area contributed by atoms with Crippen LogP contribution in [0, 0.1) is 5.92 Å². The molecule has 4 heterocycles. The molecule has 3 aliphatic rings. The zero-order valence-electron chi connectivity index (χ0n) is 15.0. The van der Waals surface area contributed by atoms with E-state index in [0.717, 1.165) is 18.8 Å². The van der Waals surface area contributed by atoms with Crippen LogP contribution in [0.1, 0.15) is 29.6 Å². The maximum atomic E-state index is 12.6. The molecule has 1 amide bonds. The molecule has 3 aliphatic heterocycles. The van der Waals surface area contributed by atoms with Gasteiger partial charge in [0, 0.05) is 12.1 Å². The number of amides is 1. The third-order valence-corrected chi connectivity index (χ3v) is 6.31. The molecule has 1 aromatic carbocycles. The predicted molar refractivity (Wildman–Crippen MR) is 100 cm³/mol. The number of piperidine rings is 3. The monoisotopic (exact) mass is 373 g/mol. The SMILES string of the molecule is COc1ccc(Oc2cnc(C(=O)NC3C4CCN(CC4)C3C)s2)cc1. The van der Waals surface area contributed by atoms with E-state index in [4.69, 9.17) is 9.47 Å². The van der Waals surface area contributed by atoms with Gasteiger partial charge in [-0.05, 0) is 63.0 Å². The van der Waals surface area contributed by atoms with Gasteiger partial charge in [-0.25, -0.2) is 4.98 Å². The van der Waals surface area contributed by atoms with Crippen LogP contribution >= 0.6 is 11.3 Å². The van der Waals surface area contributed by atoms with E-state index in [0.29, 0.717) is 27.8 Å². The highest BCUT2D eigenvalue weighted by Crippen LogP contribution is 2.33. The van der Waals surface area contributed by atoms with Gasteiger partial charge in [0.25, 0.3) is 5.91 Å². The number of hydrogen-bond donors (Lipinski definition) is 1. The Hall–Kier alpha value is -2.12. The minimum absolute atomic E-state index is 0.106. The number of hydrogen-bond acceptors (Lipinski definition) is 6. The van der Waals surface area contributed by atoms with Crippen molar-refractivity contribution in [3.63, 3.8) is 0 Å². The maximum Gasteiger partial charge on any atom is 0.280 e. The lowest BCUT2D eigenvalue weighted by Gasteiger charge is -2.49. The number of aromatic nitrogens is 1. The van der Waals surface area contributed by atoms with Crippen LogP contribution in [0.15, 0.2) is 30.5 Å². The second-order valence-corrected chi connectivity index (χ2v) is 7.87. The zero-order chi connectivity index (χ0) is 18.1. The molecule has 6 nitrogen and oxygen atoms in total. The summed E-state index contributed by atoms with van der Waals surface area (Å²) in [4.78, 5) is 19.3. The molecule has 1 N–H and O–H groups in total. The third-order valence-electron chi connectivity index (χ3n) is 5.43. The number of fused-ring (bicyclic) bond motifs is 3. The smallest absolute Gasteiger partial charge is 0.280 e. The summed E-state index contributed by atoms with van der Waals surface area (Å²) in [7, 11) is 1.62. The van der Waals surface area contributed by atoms with Gasteiger partial charge in [-0.2, -0.15) is 0 Å². The van der Waals surface area contributed by atoms with Crippen LogP contribution in [0.2, 0.25) is 0 Å². The lowest BCUT2D eigenvalue weighted by molar-refractivity contribution is 0.0217. The lowest BCUT2D eigenvalue weighted by atomic mass is 9.79. The average Bonchev–Trinajstić information content (AvgIpc) is 3.14. The summed E-state index contributed by atoms with van der Waals surface area (Å²) in [5.74, 6) is 1.93. The molecule has 7 heteroatoms. The molecule has 0 spiro atoms. The van der Waals surface area contributed by atoms with E-state index in [9.17, 15) is 4.79 Å². The number of ether oxygens (including phenoxy) is 2. The molecule has 26 heavy (non-hydrogen) atoms. The molecule has 0 saturated carbocycles. The average molecular weight is 373 g/mol. The van der Waals surface area contributed by atoms with Crippen molar-refractivity contribution in [1.29, 1.82) is 0 Å². The summed E-state index contributed by atoms with van der Waals surface area (Å²) in [5, 5.41) is 4.24. The molecule has 0 aliphatic carbocycles. The summed E-state index contributed by atoms with van der Waals surface area (Å²) >= 11 is 1.27. The minimum atomic E-state index is -0.106. The number of methoxy groups -OCH3 is 1. The Morgan fingerprint density at radius 2 is 1.92 bits per heavy atom. The van der Waals surface area contributed by atoms with Gasteiger partial charge in [0.15, 0.2) is 5.01 Å². The standard InChI is InChI=1S/C19H23N3O3S/c1-12-17(13-7-9-22(12)10-8-13)21-18(23)19-20-11-16(26-19)25-15-5-3-14(24-2)4-6-15/h3-6,11-13,17H,7-10H2,1-2H3,(H,21,23). The normalized spacial score (nSPS) is 27.2. The van der Waals surface area contributed by atoms with Crippen LogP contribution in [0.4, 0.5) is 0 Å². The number of nitrogens with zero attached hydrogens (tertiary/aromatic N) is 2. The highest BCUT2D eigenvalue weighted by atomic mass is 32.1. The molecule has 2 unspecified atom stereocenters. The van der Waals surface area contributed by atoms with Gasteiger partial charge in [0.2, 0.25) is 5.06 Å². The van der Waals surface area contributed by atoms with Gasteiger partial charge >= 0.3 is 0 Å². The Kier molecular flexibility index (Phi) is 4.82. The van der Waals surface area contributed by atoms with Crippen LogP contribution in [0.3, 0.4) is 0 Å². The van der Waals surface area contributed by atoms with Crippen LogP contribution < -0.4 is 14.8 Å². The lowest BCUT2D eigenvalue weighted by Crippen LogP contribution is -2.62. The van der Waals surface area contributed by atoms with Gasteiger partial charge in [-0.15, -0.1) is 0 Å². The number of rotatable bonds is 5. The Morgan fingerprint density at radius 3 is 2.58 bits per heavy atom. The number of carbonyl (C=O) groups is 1. The van der Waals surface area contributed by atoms with Crippen LogP contribution in [0.5, 0.6) is 16.6 Å². The van der Waals surface area contributed by atoms with Crippen molar-refractivity contribution in [3.05, 3.63) is 35.5 Å². The summed E-state index contributed by atoms with van der Waals surface area (Å²) in [6, 6.07) is 7.92. The molecule has 2 bridgehead atoms. The van der Waals surface area contributed by atoms with Gasteiger partial charge < -0.3 is 14.8 Å². The third kappa shape index (κ3) is 3.41. The van der Waals surface area contributed by atoms with Crippen molar-refractivity contribution in [2.24, 2.45) is 5.92 Å². The topological polar surface area (TPSA) is 63.7 Å². The second kappa shape index (κ2) is 7.25.